The van der Waals surface area contributed by atoms with E-state index in [1.807, 2.05) is 0 Å². The molecule has 11 heavy (non-hydrogen) atoms. The van der Waals surface area contributed by atoms with E-state index in [0.29, 0.717) is 0 Å². The zero-order valence-electron chi connectivity index (χ0n) is 6.03. The van der Waals surface area contributed by atoms with Crippen molar-refractivity contribution in [3.05, 3.63) is 5.69 Å². The molecule has 6 nitrogen and oxygen atoms in total. The van der Waals surface area contributed by atoms with E-state index < -0.39 is 11.9 Å². The topological polar surface area (TPSA) is 79.3 Å². The highest BCUT2D eigenvalue weighted by Crippen LogP contribution is 2.06. The second-order valence-corrected chi connectivity index (χ2v) is 1.82. The van der Waals surface area contributed by atoms with Gasteiger partial charge >= 0.3 is 11.7 Å². The van der Waals surface area contributed by atoms with Gasteiger partial charge in [-0.15, -0.1) is 0 Å². The van der Waals surface area contributed by atoms with E-state index in [4.69, 9.17) is 0 Å². The molecule has 1 heterocycles. The van der Waals surface area contributed by atoms with Crippen LogP contribution in [0.3, 0.4) is 0 Å². The predicted octanol–water partition coefficient (Wildman–Crippen LogP) is -1.64. The average Bonchev–Trinajstić information content (AvgIpc) is 2.30. The zero-order chi connectivity index (χ0) is 8.43. The number of esters is 1. The molecule has 0 N–H and O–H groups in total. The van der Waals surface area contributed by atoms with E-state index in [9.17, 15) is 9.90 Å². The Labute approximate surface area is 62.0 Å². The van der Waals surface area contributed by atoms with Crippen molar-refractivity contribution in [1.82, 2.24) is 5.27 Å². The van der Waals surface area contributed by atoms with E-state index in [2.05, 4.69) is 14.5 Å². The number of carbonyl (C=O) groups is 1. The van der Waals surface area contributed by atoms with Crippen molar-refractivity contribution in [2.75, 3.05) is 7.11 Å². The molecule has 60 valence electrons. The standard InChI is InChI=1S/C5H6N2O4/c1-7-3(4(8)10-2)5(9)11-6-7/h1-2H3. The van der Waals surface area contributed by atoms with Gasteiger partial charge in [-0.2, -0.15) is 0 Å². The molecule has 0 bridgehead atoms. The number of aromatic nitrogens is 2. The number of hydrogen-bond donors (Lipinski definition) is 0. The number of hydrogen-bond acceptors (Lipinski definition) is 5. The predicted molar refractivity (Wildman–Crippen MR) is 28.5 cm³/mol. The first kappa shape index (κ1) is 7.52. The Hall–Kier alpha value is -1.59. The first-order valence-electron chi connectivity index (χ1n) is 2.78. The molecule has 0 aromatic carbocycles. The van der Waals surface area contributed by atoms with Crippen LogP contribution in [0.2, 0.25) is 0 Å². The lowest BCUT2D eigenvalue weighted by atomic mass is 10.5. The Bertz CT molecular complexity index is 261. The molecule has 0 aliphatic heterocycles. The monoisotopic (exact) mass is 158 g/mol. The van der Waals surface area contributed by atoms with Crippen molar-refractivity contribution in [2.45, 2.75) is 0 Å². The summed E-state index contributed by atoms with van der Waals surface area (Å²) in [6, 6.07) is 0. The maximum Gasteiger partial charge on any atom is 0.407 e. The first-order chi connectivity index (χ1) is 5.16. The van der Waals surface area contributed by atoms with Gasteiger partial charge < -0.3 is 14.4 Å². The Kier molecular flexibility index (Phi) is 1.75. The first-order valence-corrected chi connectivity index (χ1v) is 2.78. The largest absolute Gasteiger partial charge is 0.538 e. The highest BCUT2D eigenvalue weighted by atomic mass is 16.6. The summed E-state index contributed by atoms with van der Waals surface area (Å²) in [7, 11) is 2.59. The van der Waals surface area contributed by atoms with Gasteiger partial charge in [-0.1, -0.05) is 4.68 Å². The summed E-state index contributed by atoms with van der Waals surface area (Å²) in [6.07, 6.45) is 0. The van der Waals surface area contributed by atoms with E-state index >= 15 is 0 Å². The molecule has 0 spiro atoms. The molecule has 0 atom stereocenters. The molecule has 1 aromatic heterocycles. The molecular formula is C5H6N2O4. The van der Waals surface area contributed by atoms with Crippen LogP contribution in [0.4, 0.5) is 0 Å². The Balaban J connectivity index is 3.10. The molecule has 0 aliphatic rings. The SMILES string of the molecule is COC(=O)c1c([O-])on[n+]1C. The molecule has 1 rings (SSSR count). The van der Waals surface area contributed by atoms with Crippen molar-refractivity contribution in [1.29, 1.82) is 0 Å². The van der Waals surface area contributed by atoms with Gasteiger partial charge in [0.25, 0.3) is 0 Å². The van der Waals surface area contributed by atoms with E-state index in [1.54, 1.807) is 0 Å². The Morgan fingerprint density at radius 1 is 1.82 bits per heavy atom. The maximum absolute atomic E-state index is 10.8. The number of carbonyl (C=O) groups excluding carboxylic acids is 1. The van der Waals surface area contributed by atoms with Crippen LogP contribution in [0.5, 0.6) is 5.95 Å². The van der Waals surface area contributed by atoms with E-state index in [1.165, 1.54) is 14.2 Å². The highest BCUT2D eigenvalue weighted by molar-refractivity contribution is 5.87. The number of ether oxygens (including phenoxy) is 1. The molecule has 0 saturated carbocycles. The zero-order valence-corrected chi connectivity index (χ0v) is 6.03. The Morgan fingerprint density at radius 2 is 2.45 bits per heavy atom. The summed E-state index contributed by atoms with van der Waals surface area (Å²) in [4.78, 5) is 10.8. The van der Waals surface area contributed by atoms with E-state index in [0.717, 1.165) is 4.68 Å². The highest BCUT2D eigenvalue weighted by Gasteiger charge is 2.22. The summed E-state index contributed by atoms with van der Waals surface area (Å²) < 4.78 is 9.49. The van der Waals surface area contributed by atoms with Gasteiger partial charge in [-0.3, -0.25) is 0 Å². The molecule has 0 amide bonds. The van der Waals surface area contributed by atoms with Crippen molar-refractivity contribution in [2.24, 2.45) is 7.05 Å². The van der Waals surface area contributed by atoms with Crippen LogP contribution in [0.15, 0.2) is 4.52 Å². The van der Waals surface area contributed by atoms with Crippen molar-refractivity contribution in [3.63, 3.8) is 0 Å². The smallest absolute Gasteiger partial charge is 0.407 e. The third-order valence-corrected chi connectivity index (χ3v) is 1.14. The summed E-state index contributed by atoms with van der Waals surface area (Å²) in [5, 5.41) is 13.9. The van der Waals surface area contributed by atoms with Gasteiger partial charge in [-0.05, 0) is 0 Å². The van der Waals surface area contributed by atoms with Crippen LogP contribution < -0.4 is 9.79 Å². The van der Waals surface area contributed by atoms with Gasteiger partial charge in [0.05, 0.1) is 12.4 Å². The molecule has 0 saturated heterocycles. The van der Waals surface area contributed by atoms with Gasteiger partial charge in [0.15, 0.2) is 13.0 Å². The lowest BCUT2D eigenvalue weighted by Gasteiger charge is -1.91. The van der Waals surface area contributed by atoms with Crippen molar-refractivity contribution in [3.8, 4) is 5.95 Å². The summed E-state index contributed by atoms with van der Waals surface area (Å²) in [5.74, 6) is -1.54. The van der Waals surface area contributed by atoms with Crippen LogP contribution in [-0.4, -0.2) is 18.4 Å². The van der Waals surface area contributed by atoms with Crippen LogP contribution in [0.1, 0.15) is 10.5 Å². The molecule has 0 aliphatic carbocycles. The van der Waals surface area contributed by atoms with E-state index in [-0.39, 0.29) is 5.69 Å². The average molecular weight is 158 g/mol. The minimum absolute atomic E-state index is 0.215. The second kappa shape index (κ2) is 2.57. The maximum atomic E-state index is 10.8. The molecular weight excluding hydrogens is 152 g/mol. The van der Waals surface area contributed by atoms with Gasteiger partial charge in [-0.25, -0.2) is 4.79 Å². The molecule has 1 aromatic rings. The molecule has 6 heteroatoms. The van der Waals surface area contributed by atoms with Crippen molar-refractivity contribution < 1.29 is 23.8 Å². The lowest BCUT2D eigenvalue weighted by molar-refractivity contribution is -0.741. The van der Waals surface area contributed by atoms with Crippen LogP contribution >= 0.6 is 0 Å². The fourth-order valence-electron chi connectivity index (χ4n) is 0.627. The van der Waals surface area contributed by atoms with Crippen LogP contribution in [0, 0.1) is 0 Å². The van der Waals surface area contributed by atoms with Crippen LogP contribution in [-0.2, 0) is 11.8 Å². The quantitative estimate of drug-likeness (QED) is 0.361. The number of rotatable bonds is 1. The van der Waals surface area contributed by atoms with Crippen LogP contribution in [0.25, 0.3) is 0 Å². The third kappa shape index (κ3) is 1.14. The summed E-state index contributed by atoms with van der Waals surface area (Å²) >= 11 is 0. The number of nitrogens with zero attached hydrogens (tertiary/aromatic N) is 2. The fourth-order valence-corrected chi connectivity index (χ4v) is 0.627. The lowest BCUT2D eigenvalue weighted by Crippen LogP contribution is -2.37. The van der Waals surface area contributed by atoms with Gasteiger partial charge in [0.1, 0.15) is 0 Å². The summed E-state index contributed by atoms with van der Waals surface area (Å²) in [6.45, 7) is 0. The third-order valence-electron chi connectivity index (χ3n) is 1.14. The Morgan fingerprint density at radius 3 is 2.82 bits per heavy atom. The fraction of sp³-hybridized carbons (Fsp3) is 0.400. The minimum atomic E-state index is -0.792. The molecule has 0 unspecified atom stereocenters. The number of aryl methyl sites for hydroxylation is 1. The molecule has 0 radical (unpaired) electrons. The van der Waals surface area contributed by atoms with Gasteiger partial charge in [0, 0.05) is 0 Å². The molecule has 0 fully saturated rings. The normalized spacial score (nSPS) is 9.64. The number of methoxy groups -OCH3 is 1. The second-order valence-electron chi connectivity index (χ2n) is 1.82. The summed E-state index contributed by atoms with van der Waals surface area (Å²) in [5.41, 5.74) is -0.215. The van der Waals surface area contributed by atoms with Crippen molar-refractivity contribution >= 4 is 5.97 Å². The minimum Gasteiger partial charge on any atom is -0.538 e. The van der Waals surface area contributed by atoms with Gasteiger partial charge in [0.2, 0.25) is 0 Å².